The number of nitrogens with two attached hydrogens (primary N) is 1. The summed E-state index contributed by atoms with van der Waals surface area (Å²) in [6, 6.07) is 3.34. The van der Waals surface area contributed by atoms with Crippen LogP contribution in [-0.4, -0.2) is 40.8 Å². The number of esters is 1. The second kappa shape index (κ2) is 6.20. The Bertz CT molecular complexity index is 657. The molecule has 1 aromatic rings. The van der Waals surface area contributed by atoms with Crippen molar-refractivity contribution in [2.45, 2.75) is 12.8 Å². The molecule has 0 aromatic heterocycles. The topological polar surface area (TPSA) is 133 Å². The molecular formula is C13H13N3O6. The van der Waals surface area contributed by atoms with Crippen LogP contribution in [0.4, 0.5) is 11.4 Å². The van der Waals surface area contributed by atoms with Crippen molar-refractivity contribution in [2.75, 3.05) is 18.9 Å². The highest BCUT2D eigenvalue weighted by Gasteiger charge is 2.27. The van der Waals surface area contributed by atoms with Gasteiger partial charge in [0.15, 0.2) is 6.61 Å². The number of imide groups is 1. The summed E-state index contributed by atoms with van der Waals surface area (Å²) in [7, 11) is 0. The number of rotatable bonds is 4. The van der Waals surface area contributed by atoms with Crippen molar-refractivity contribution in [3.63, 3.8) is 0 Å². The van der Waals surface area contributed by atoms with Crippen molar-refractivity contribution in [1.82, 2.24) is 4.90 Å². The van der Waals surface area contributed by atoms with Crippen LogP contribution in [0.5, 0.6) is 0 Å². The third-order valence-electron chi connectivity index (χ3n) is 3.17. The molecule has 0 atom stereocenters. The van der Waals surface area contributed by atoms with Crippen molar-refractivity contribution >= 4 is 29.2 Å². The van der Waals surface area contributed by atoms with E-state index in [1.165, 1.54) is 6.07 Å². The predicted octanol–water partition coefficient (Wildman–Crippen LogP) is 0.483. The van der Waals surface area contributed by atoms with Crippen LogP contribution < -0.4 is 5.73 Å². The number of carbonyl (C=O) groups is 3. The smallest absolute Gasteiger partial charge is 0.341 e. The Labute approximate surface area is 124 Å². The normalized spacial score (nSPS) is 14.0. The molecule has 0 spiro atoms. The van der Waals surface area contributed by atoms with Gasteiger partial charge in [0.2, 0.25) is 5.91 Å². The molecule has 1 fully saturated rings. The highest BCUT2D eigenvalue weighted by atomic mass is 16.6. The van der Waals surface area contributed by atoms with Crippen LogP contribution >= 0.6 is 0 Å². The van der Waals surface area contributed by atoms with Crippen LogP contribution in [0.3, 0.4) is 0 Å². The molecule has 1 aliphatic heterocycles. The van der Waals surface area contributed by atoms with E-state index in [1.807, 2.05) is 0 Å². The number of non-ortho nitro benzene ring substituents is 1. The van der Waals surface area contributed by atoms with Crippen molar-refractivity contribution in [3.05, 3.63) is 33.9 Å². The zero-order chi connectivity index (χ0) is 16.3. The molecule has 2 rings (SSSR count). The number of likely N-dealkylation sites (tertiary alicyclic amines) is 1. The lowest BCUT2D eigenvalue weighted by Crippen LogP contribution is -2.35. The van der Waals surface area contributed by atoms with Crippen molar-refractivity contribution in [3.8, 4) is 0 Å². The fourth-order valence-corrected chi connectivity index (χ4v) is 2.03. The van der Waals surface area contributed by atoms with Gasteiger partial charge >= 0.3 is 5.97 Å². The fraction of sp³-hybridized carbons (Fsp3) is 0.308. The quantitative estimate of drug-likeness (QED) is 0.370. The SMILES string of the molecule is Nc1ccc([N+](=O)[O-])cc1C(=O)OCC(=O)N1CCCC1=O. The summed E-state index contributed by atoms with van der Waals surface area (Å²) < 4.78 is 4.78. The minimum atomic E-state index is -0.957. The van der Waals surface area contributed by atoms with Gasteiger partial charge in [-0.15, -0.1) is 0 Å². The van der Waals surface area contributed by atoms with E-state index in [4.69, 9.17) is 10.5 Å². The number of nitrogen functional groups attached to an aromatic ring is 1. The third kappa shape index (κ3) is 3.19. The second-order valence-electron chi connectivity index (χ2n) is 4.65. The van der Waals surface area contributed by atoms with E-state index in [-0.39, 0.29) is 29.3 Å². The average molecular weight is 307 g/mol. The largest absolute Gasteiger partial charge is 0.452 e. The van der Waals surface area contributed by atoms with Gasteiger partial charge in [0.05, 0.1) is 10.5 Å². The first-order valence-electron chi connectivity index (χ1n) is 6.44. The highest BCUT2D eigenvalue weighted by molar-refractivity contribution is 6.00. The highest BCUT2D eigenvalue weighted by Crippen LogP contribution is 2.20. The van der Waals surface area contributed by atoms with Crippen LogP contribution in [0, 0.1) is 10.1 Å². The van der Waals surface area contributed by atoms with Crippen LogP contribution in [0.25, 0.3) is 0 Å². The maximum absolute atomic E-state index is 11.9. The molecule has 0 saturated carbocycles. The molecule has 9 nitrogen and oxygen atoms in total. The molecule has 1 saturated heterocycles. The predicted molar refractivity (Wildman–Crippen MR) is 73.7 cm³/mol. The molecule has 1 aromatic carbocycles. The van der Waals surface area contributed by atoms with E-state index in [1.54, 1.807) is 0 Å². The number of nitro benzene ring substituents is 1. The van der Waals surface area contributed by atoms with Crippen LogP contribution in [-0.2, 0) is 14.3 Å². The lowest BCUT2D eigenvalue weighted by molar-refractivity contribution is -0.384. The number of ether oxygens (including phenoxy) is 1. The Morgan fingerprint density at radius 2 is 2.14 bits per heavy atom. The lowest BCUT2D eigenvalue weighted by atomic mass is 10.1. The lowest BCUT2D eigenvalue weighted by Gasteiger charge is -2.13. The number of carbonyl (C=O) groups excluding carboxylic acids is 3. The van der Waals surface area contributed by atoms with E-state index in [9.17, 15) is 24.5 Å². The minimum absolute atomic E-state index is 0.000276. The molecule has 0 aliphatic carbocycles. The van der Waals surface area contributed by atoms with E-state index < -0.39 is 23.4 Å². The first kappa shape index (κ1) is 15.4. The number of hydrogen-bond acceptors (Lipinski definition) is 7. The summed E-state index contributed by atoms with van der Waals surface area (Å²) >= 11 is 0. The summed E-state index contributed by atoms with van der Waals surface area (Å²) in [5.74, 6) is -1.89. The zero-order valence-corrected chi connectivity index (χ0v) is 11.5. The van der Waals surface area contributed by atoms with Gasteiger partial charge in [-0.25, -0.2) is 4.79 Å². The van der Waals surface area contributed by atoms with E-state index in [0.717, 1.165) is 17.0 Å². The number of nitrogens with zero attached hydrogens (tertiary/aromatic N) is 2. The standard InChI is InChI=1S/C13H13N3O6/c14-10-4-3-8(16(20)21)6-9(10)13(19)22-7-12(18)15-5-1-2-11(15)17/h3-4,6H,1-2,5,7,14H2. The Balaban J connectivity index is 2.03. The molecule has 2 amide bonds. The van der Waals surface area contributed by atoms with Gasteiger partial charge in [0.1, 0.15) is 0 Å². The molecule has 1 aliphatic rings. The van der Waals surface area contributed by atoms with E-state index in [2.05, 4.69) is 0 Å². The van der Waals surface area contributed by atoms with Gasteiger partial charge < -0.3 is 10.5 Å². The van der Waals surface area contributed by atoms with Crippen LogP contribution in [0.2, 0.25) is 0 Å². The molecule has 22 heavy (non-hydrogen) atoms. The van der Waals surface area contributed by atoms with Crippen molar-refractivity contribution in [1.29, 1.82) is 0 Å². The van der Waals surface area contributed by atoms with Crippen LogP contribution in [0.15, 0.2) is 18.2 Å². The molecule has 0 unspecified atom stereocenters. The van der Waals surface area contributed by atoms with Gasteiger partial charge in [-0.1, -0.05) is 0 Å². The first-order valence-corrected chi connectivity index (χ1v) is 6.44. The average Bonchev–Trinajstić information content (AvgIpc) is 2.90. The number of benzene rings is 1. The monoisotopic (exact) mass is 307 g/mol. The molecule has 9 heteroatoms. The summed E-state index contributed by atoms with van der Waals surface area (Å²) in [5.41, 5.74) is 5.05. The number of nitro groups is 1. The summed E-state index contributed by atoms with van der Waals surface area (Å²) in [6.45, 7) is -0.319. The summed E-state index contributed by atoms with van der Waals surface area (Å²) in [6.07, 6.45) is 0.869. The zero-order valence-electron chi connectivity index (χ0n) is 11.5. The maximum atomic E-state index is 11.9. The fourth-order valence-electron chi connectivity index (χ4n) is 2.03. The molecule has 1 heterocycles. The summed E-state index contributed by atoms with van der Waals surface area (Å²) in [4.78, 5) is 46.0. The number of anilines is 1. The van der Waals surface area contributed by atoms with Gasteiger partial charge in [-0.05, 0) is 12.5 Å². The Morgan fingerprint density at radius 3 is 2.73 bits per heavy atom. The van der Waals surface area contributed by atoms with Crippen molar-refractivity contribution < 1.29 is 24.0 Å². The van der Waals surface area contributed by atoms with Gasteiger partial charge in [0, 0.05) is 30.8 Å². The Morgan fingerprint density at radius 1 is 1.41 bits per heavy atom. The first-order chi connectivity index (χ1) is 10.4. The van der Waals surface area contributed by atoms with Gasteiger partial charge in [-0.3, -0.25) is 24.6 Å². The molecular weight excluding hydrogens is 294 g/mol. The molecule has 0 radical (unpaired) electrons. The number of hydrogen-bond donors (Lipinski definition) is 1. The third-order valence-corrected chi connectivity index (χ3v) is 3.17. The Hall–Kier alpha value is -2.97. The maximum Gasteiger partial charge on any atom is 0.341 e. The number of amides is 2. The van der Waals surface area contributed by atoms with Crippen LogP contribution in [0.1, 0.15) is 23.2 Å². The van der Waals surface area contributed by atoms with Gasteiger partial charge in [0.25, 0.3) is 11.6 Å². The molecule has 0 bridgehead atoms. The van der Waals surface area contributed by atoms with E-state index >= 15 is 0 Å². The summed E-state index contributed by atoms with van der Waals surface area (Å²) in [5, 5.41) is 10.7. The van der Waals surface area contributed by atoms with E-state index in [0.29, 0.717) is 13.0 Å². The molecule has 116 valence electrons. The minimum Gasteiger partial charge on any atom is -0.452 e. The molecule has 2 N–H and O–H groups in total. The Kier molecular flexibility index (Phi) is 4.35. The second-order valence-corrected chi connectivity index (χ2v) is 4.65. The van der Waals surface area contributed by atoms with Crippen molar-refractivity contribution in [2.24, 2.45) is 0 Å². The van der Waals surface area contributed by atoms with Gasteiger partial charge in [-0.2, -0.15) is 0 Å².